The summed E-state index contributed by atoms with van der Waals surface area (Å²) in [5.41, 5.74) is 4.69. The smallest absolute Gasteiger partial charge is 0.327 e. The van der Waals surface area contributed by atoms with Gasteiger partial charge >= 0.3 is 6.18 Å². The predicted molar refractivity (Wildman–Crippen MR) is 55.1 cm³/mol. The molecule has 1 aromatic rings. The molecule has 0 aliphatic carbocycles. The van der Waals surface area contributed by atoms with Gasteiger partial charge in [-0.1, -0.05) is 0 Å². The second kappa shape index (κ2) is 5.46. The standard InChI is InChI=1S/C7H8F3N3OS.ClH/c1-13-2-3-15-6(13)12-5(14)4(11)7(8,9)10;/h2-4H,11H2,1H3;1H. The summed E-state index contributed by atoms with van der Waals surface area (Å²) in [5, 5.41) is 1.60. The van der Waals surface area contributed by atoms with Crippen LogP contribution in [0.15, 0.2) is 16.6 Å². The van der Waals surface area contributed by atoms with E-state index in [2.05, 4.69) is 10.7 Å². The van der Waals surface area contributed by atoms with Gasteiger partial charge in [0, 0.05) is 18.6 Å². The predicted octanol–water partition coefficient (Wildman–Crippen LogP) is 0.825. The van der Waals surface area contributed by atoms with Crippen molar-refractivity contribution in [1.82, 2.24) is 4.57 Å². The van der Waals surface area contributed by atoms with Gasteiger partial charge in [0.15, 0.2) is 10.8 Å². The third-order valence-corrected chi connectivity index (χ3v) is 2.43. The molecule has 9 heteroatoms. The molecule has 0 spiro atoms. The summed E-state index contributed by atoms with van der Waals surface area (Å²) in [5.74, 6) is -1.39. The summed E-state index contributed by atoms with van der Waals surface area (Å²) < 4.78 is 37.5. The Bertz CT molecular complexity index is 425. The lowest BCUT2D eigenvalue weighted by molar-refractivity contribution is -0.160. The van der Waals surface area contributed by atoms with E-state index in [1.165, 1.54) is 4.57 Å². The molecule has 2 N–H and O–H groups in total. The molecular formula is C7H9ClF3N3OS. The summed E-state index contributed by atoms with van der Waals surface area (Å²) in [6, 6.07) is -2.56. The molecule has 92 valence electrons. The van der Waals surface area contributed by atoms with Crippen molar-refractivity contribution < 1.29 is 18.0 Å². The highest BCUT2D eigenvalue weighted by atomic mass is 35.5. The Morgan fingerprint density at radius 1 is 1.62 bits per heavy atom. The second-order valence-corrected chi connectivity index (χ2v) is 3.64. The fraction of sp³-hybridized carbons (Fsp3) is 0.429. The van der Waals surface area contributed by atoms with Crippen LogP contribution in [-0.4, -0.2) is 22.7 Å². The van der Waals surface area contributed by atoms with Crippen LogP contribution in [0.2, 0.25) is 0 Å². The van der Waals surface area contributed by atoms with Gasteiger partial charge < -0.3 is 10.3 Å². The molecule has 1 atom stereocenters. The first kappa shape index (κ1) is 15.1. The monoisotopic (exact) mass is 275 g/mol. The summed E-state index contributed by atoms with van der Waals surface area (Å²) >= 11 is 1.06. The van der Waals surface area contributed by atoms with Crippen LogP contribution in [-0.2, 0) is 11.8 Å². The van der Waals surface area contributed by atoms with E-state index in [1.807, 2.05) is 0 Å². The van der Waals surface area contributed by atoms with Gasteiger partial charge in [-0.15, -0.1) is 23.7 Å². The number of hydrogen-bond donors (Lipinski definition) is 1. The average molecular weight is 276 g/mol. The molecule has 16 heavy (non-hydrogen) atoms. The van der Waals surface area contributed by atoms with E-state index in [0.717, 1.165) is 11.3 Å². The van der Waals surface area contributed by atoms with Gasteiger partial charge in [0.2, 0.25) is 0 Å². The number of hydrogen-bond acceptors (Lipinski definition) is 3. The zero-order valence-corrected chi connectivity index (χ0v) is 9.70. The van der Waals surface area contributed by atoms with Crippen molar-refractivity contribution in [3.8, 4) is 0 Å². The maximum Gasteiger partial charge on any atom is 0.412 e. The molecule has 4 nitrogen and oxygen atoms in total. The molecule has 0 aromatic carbocycles. The first-order valence-electron chi connectivity index (χ1n) is 3.83. The number of thiazole rings is 1. The zero-order chi connectivity index (χ0) is 11.6. The number of amides is 1. The number of carbonyl (C=O) groups is 1. The van der Waals surface area contributed by atoms with Gasteiger partial charge in [-0.3, -0.25) is 4.79 Å². The van der Waals surface area contributed by atoms with Crippen molar-refractivity contribution in [3.05, 3.63) is 16.4 Å². The molecule has 0 aliphatic rings. The number of rotatable bonds is 1. The number of halogens is 4. The maximum absolute atomic E-state index is 12.0. The van der Waals surface area contributed by atoms with E-state index < -0.39 is 18.1 Å². The van der Waals surface area contributed by atoms with Crippen LogP contribution in [0.3, 0.4) is 0 Å². The van der Waals surface area contributed by atoms with Crippen molar-refractivity contribution in [1.29, 1.82) is 0 Å². The normalized spacial score (nSPS) is 14.4. The van der Waals surface area contributed by atoms with Crippen LogP contribution in [0.25, 0.3) is 0 Å². The van der Waals surface area contributed by atoms with Gasteiger partial charge in [-0.2, -0.15) is 18.2 Å². The zero-order valence-electron chi connectivity index (χ0n) is 8.06. The molecule has 0 radical (unpaired) electrons. The van der Waals surface area contributed by atoms with Crippen molar-refractivity contribution in [2.75, 3.05) is 0 Å². The second-order valence-electron chi connectivity index (χ2n) is 2.77. The molecule has 0 bridgehead atoms. The fourth-order valence-corrected chi connectivity index (χ4v) is 1.47. The fourth-order valence-electron chi connectivity index (χ4n) is 0.739. The minimum absolute atomic E-state index is 0. The lowest BCUT2D eigenvalue weighted by Gasteiger charge is -2.10. The number of carbonyl (C=O) groups excluding carboxylic acids is 1. The van der Waals surface area contributed by atoms with Gasteiger partial charge in [-0.05, 0) is 0 Å². The third-order valence-electron chi connectivity index (χ3n) is 1.58. The highest BCUT2D eigenvalue weighted by Gasteiger charge is 2.41. The number of alkyl halides is 3. The summed E-state index contributed by atoms with van der Waals surface area (Å²) in [7, 11) is 1.57. The van der Waals surface area contributed by atoms with E-state index in [4.69, 9.17) is 0 Å². The molecule has 1 heterocycles. The summed E-state index contributed by atoms with van der Waals surface area (Å²) in [6.07, 6.45) is -3.17. The van der Waals surface area contributed by atoms with Crippen molar-refractivity contribution in [2.45, 2.75) is 12.2 Å². The molecule has 1 amide bonds. The SMILES string of the molecule is Cl.Cn1ccsc1=NC(=O)C(N)C(F)(F)F. The van der Waals surface area contributed by atoms with Gasteiger partial charge in [0.1, 0.15) is 0 Å². The van der Waals surface area contributed by atoms with Crippen LogP contribution in [0.1, 0.15) is 0 Å². The molecular weight excluding hydrogens is 267 g/mol. The van der Waals surface area contributed by atoms with E-state index in [-0.39, 0.29) is 17.2 Å². The Morgan fingerprint density at radius 3 is 2.56 bits per heavy atom. The van der Waals surface area contributed by atoms with Gasteiger partial charge in [0.05, 0.1) is 0 Å². The van der Waals surface area contributed by atoms with Crippen molar-refractivity contribution in [2.24, 2.45) is 17.8 Å². The Hall–Kier alpha value is -0.860. The number of aryl methyl sites for hydroxylation is 1. The Balaban J connectivity index is 0.00000225. The molecule has 1 unspecified atom stereocenters. The molecule has 1 rings (SSSR count). The van der Waals surface area contributed by atoms with Crippen LogP contribution in [0.4, 0.5) is 13.2 Å². The largest absolute Gasteiger partial charge is 0.412 e. The topological polar surface area (TPSA) is 60.4 Å². The first-order chi connectivity index (χ1) is 6.82. The van der Waals surface area contributed by atoms with Crippen LogP contribution in [0, 0.1) is 0 Å². The van der Waals surface area contributed by atoms with Gasteiger partial charge in [0.25, 0.3) is 5.91 Å². The molecule has 0 fully saturated rings. The Morgan fingerprint density at radius 2 is 2.19 bits per heavy atom. The number of nitrogens with zero attached hydrogens (tertiary/aromatic N) is 2. The van der Waals surface area contributed by atoms with Gasteiger partial charge in [-0.25, -0.2) is 0 Å². The molecule has 0 saturated carbocycles. The Kier molecular flexibility index (Phi) is 5.17. The Labute approximate surface area is 99.0 Å². The van der Waals surface area contributed by atoms with E-state index in [0.29, 0.717) is 0 Å². The van der Waals surface area contributed by atoms with Crippen LogP contribution < -0.4 is 10.5 Å². The van der Waals surface area contributed by atoms with Crippen LogP contribution >= 0.6 is 23.7 Å². The highest BCUT2D eigenvalue weighted by Crippen LogP contribution is 2.18. The van der Waals surface area contributed by atoms with E-state index in [9.17, 15) is 18.0 Å². The first-order valence-corrected chi connectivity index (χ1v) is 4.71. The minimum atomic E-state index is -4.75. The number of nitrogens with two attached hydrogens (primary N) is 1. The van der Waals surface area contributed by atoms with Crippen molar-refractivity contribution in [3.63, 3.8) is 0 Å². The van der Waals surface area contributed by atoms with E-state index in [1.54, 1.807) is 18.6 Å². The highest BCUT2D eigenvalue weighted by molar-refractivity contribution is 7.07. The molecule has 0 saturated heterocycles. The van der Waals surface area contributed by atoms with Crippen LogP contribution in [0.5, 0.6) is 0 Å². The quantitative estimate of drug-likeness (QED) is 0.825. The average Bonchev–Trinajstić information content (AvgIpc) is 2.49. The molecule has 0 aliphatic heterocycles. The molecule has 1 aromatic heterocycles. The maximum atomic E-state index is 12.0. The lowest BCUT2D eigenvalue weighted by atomic mass is 10.3. The minimum Gasteiger partial charge on any atom is -0.327 e. The third kappa shape index (κ3) is 3.62. The summed E-state index contributed by atoms with van der Waals surface area (Å²) in [6.45, 7) is 0. The summed E-state index contributed by atoms with van der Waals surface area (Å²) in [4.78, 5) is 14.5. The van der Waals surface area contributed by atoms with E-state index >= 15 is 0 Å². The number of aromatic nitrogens is 1. The lowest BCUT2D eigenvalue weighted by Crippen LogP contribution is -2.44. The van der Waals surface area contributed by atoms with Crippen molar-refractivity contribution >= 4 is 29.7 Å².